The van der Waals surface area contributed by atoms with Crippen molar-refractivity contribution in [1.82, 2.24) is 10.2 Å². The van der Waals surface area contributed by atoms with Gasteiger partial charge in [0.05, 0.1) is 24.7 Å². The normalized spacial score (nSPS) is 16.4. The van der Waals surface area contributed by atoms with Crippen molar-refractivity contribution in [3.63, 3.8) is 0 Å². The number of methoxy groups -OCH3 is 1. The lowest BCUT2D eigenvalue weighted by atomic mass is 10.0. The molecule has 1 aromatic rings. The number of hydrogen-bond donors (Lipinski definition) is 1. The highest BCUT2D eigenvalue weighted by Crippen LogP contribution is 2.35. The van der Waals surface area contributed by atoms with Crippen molar-refractivity contribution in [1.29, 1.82) is 0 Å². The third-order valence-corrected chi connectivity index (χ3v) is 4.56. The summed E-state index contributed by atoms with van der Waals surface area (Å²) in [4.78, 5) is 37.4. The summed E-state index contributed by atoms with van der Waals surface area (Å²) in [6.45, 7) is 4.83. The quantitative estimate of drug-likeness (QED) is 0.537. The Kier molecular flexibility index (Phi) is 7.60. The maximum absolute atomic E-state index is 13.1. The average molecular weight is 393 g/mol. The lowest BCUT2D eigenvalue weighted by Gasteiger charge is -2.33. The predicted octanol–water partition coefficient (Wildman–Crippen LogP) is 2.52. The van der Waals surface area contributed by atoms with Gasteiger partial charge in [0.1, 0.15) is 5.56 Å². The minimum Gasteiger partial charge on any atom is -0.493 e. The summed E-state index contributed by atoms with van der Waals surface area (Å²) < 4.78 is 10.6. The van der Waals surface area contributed by atoms with Crippen molar-refractivity contribution >= 4 is 17.5 Å². The largest absolute Gasteiger partial charge is 0.493 e. The standard InChI is InChI=1S/C19H27N3O6/c1-4-7-18(23)20-13-8-6-9-21(12-13)19(24)14-10-17(28-5-2)16(27-3)11-15(14)22(25)26/h10-11,13H,4-9,12H2,1-3H3,(H,20,23). The van der Waals surface area contributed by atoms with Crippen molar-refractivity contribution in [3.8, 4) is 11.5 Å². The second kappa shape index (κ2) is 9.91. The zero-order valence-corrected chi connectivity index (χ0v) is 16.5. The number of nitro groups is 1. The number of carbonyl (C=O) groups is 2. The molecule has 9 heteroatoms. The molecule has 0 saturated carbocycles. The van der Waals surface area contributed by atoms with Crippen molar-refractivity contribution in [2.24, 2.45) is 0 Å². The van der Waals surface area contributed by atoms with Crippen LogP contribution in [0.25, 0.3) is 0 Å². The van der Waals surface area contributed by atoms with Crippen LogP contribution in [-0.2, 0) is 4.79 Å². The topological polar surface area (TPSA) is 111 Å². The van der Waals surface area contributed by atoms with Gasteiger partial charge in [-0.3, -0.25) is 19.7 Å². The van der Waals surface area contributed by atoms with E-state index >= 15 is 0 Å². The van der Waals surface area contributed by atoms with Crippen molar-refractivity contribution in [2.45, 2.75) is 45.6 Å². The number of likely N-dealkylation sites (tertiary alicyclic amines) is 1. The number of rotatable bonds is 8. The van der Waals surface area contributed by atoms with E-state index in [1.54, 1.807) is 11.8 Å². The molecule has 1 atom stereocenters. The van der Waals surface area contributed by atoms with E-state index in [-0.39, 0.29) is 34.7 Å². The zero-order chi connectivity index (χ0) is 20.7. The maximum atomic E-state index is 13.1. The van der Waals surface area contributed by atoms with Gasteiger partial charge in [-0.25, -0.2) is 0 Å². The van der Waals surface area contributed by atoms with E-state index in [1.807, 2.05) is 6.92 Å². The van der Waals surface area contributed by atoms with Crippen molar-refractivity contribution in [2.75, 3.05) is 26.8 Å². The third kappa shape index (κ3) is 5.11. The Balaban J connectivity index is 2.27. The number of benzene rings is 1. The second-order valence-corrected chi connectivity index (χ2v) is 6.62. The van der Waals surface area contributed by atoms with E-state index in [0.29, 0.717) is 32.5 Å². The summed E-state index contributed by atoms with van der Waals surface area (Å²) in [7, 11) is 1.39. The Morgan fingerprint density at radius 1 is 1.32 bits per heavy atom. The molecular formula is C19H27N3O6. The van der Waals surface area contributed by atoms with E-state index < -0.39 is 10.8 Å². The average Bonchev–Trinajstić information content (AvgIpc) is 2.67. The van der Waals surface area contributed by atoms with Crippen LogP contribution >= 0.6 is 0 Å². The van der Waals surface area contributed by atoms with Crippen LogP contribution in [0.3, 0.4) is 0 Å². The molecule has 28 heavy (non-hydrogen) atoms. The Bertz CT molecular complexity index is 737. The second-order valence-electron chi connectivity index (χ2n) is 6.62. The van der Waals surface area contributed by atoms with Gasteiger partial charge in [-0.1, -0.05) is 6.92 Å². The number of hydrogen-bond acceptors (Lipinski definition) is 6. The lowest BCUT2D eigenvalue weighted by molar-refractivity contribution is -0.385. The molecule has 9 nitrogen and oxygen atoms in total. The van der Waals surface area contributed by atoms with Gasteiger partial charge in [0.25, 0.3) is 11.6 Å². The van der Waals surface area contributed by atoms with Gasteiger partial charge >= 0.3 is 0 Å². The Morgan fingerprint density at radius 3 is 2.68 bits per heavy atom. The molecule has 154 valence electrons. The molecule has 1 N–H and O–H groups in total. The molecule has 0 aromatic heterocycles. The number of amides is 2. The Labute approximate surface area is 164 Å². The van der Waals surface area contributed by atoms with Crippen molar-refractivity contribution < 1.29 is 24.0 Å². The van der Waals surface area contributed by atoms with E-state index in [9.17, 15) is 19.7 Å². The van der Waals surface area contributed by atoms with Gasteiger partial charge in [-0.15, -0.1) is 0 Å². The Hall–Kier alpha value is -2.84. The van der Waals surface area contributed by atoms with Crippen LogP contribution in [0.1, 0.15) is 49.9 Å². The molecule has 1 unspecified atom stereocenters. The monoisotopic (exact) mass is 393 g/mol. The number of nitrogens with one attached hydrogen (secondary N) is 1. The SMILES string of the molecule is CCCC(=O)NC1CCCN(C(=O)c2cc(OCC)c(OC)cc2[N+](=O)[O-])C1. The highest BCUT2D eigenvalue weighted by atomic mass is 16.6. The fourth-order valence-corrected chi connectivity index (χ4v) is 3.28. The molecule has 1 saturated heterocycles. The summed E-state index contributed by atoms with van der Waals surface area (Å²) in [5, 5.41) is 14.4. The molecule has 0 aliphatic carbocycles. The number of piperidine rings is 1. The smallest absolute Gasteiger partial charge is 0.286 e. The lowest BCUT2D eigenvalue weighted by Crippen LogP contribution is -2.49. The molecule has 1 aromatic carbocycles. The minimum absolute atomic E-state index is 0.0455. The zero-order valence-electron chi connectivity index (χ0n) is 16.5. The Morgan fingerprint density at radius 2 is 2.07 bits per heavy atom. The molecule has 1 aliphatic rings. The molecule has 0 spiro atoms. The summed E-state index contributed by atoms with van der Waals surface area (Å²) in [6, 6.07) is 2.42. The van der Waals surface area contributed by atoms with Crippen LogP contribution in [0.2, 0.25) is 0 Å². The molecule has 1 heterocycles. The van der Waals surface area contributed by atoms with Crippen molar-refractivity contribution in [3.05, 3.63) is 27.8 Å². The number of nitrogens with zero attached hydrogens (tertiary/aromatic N) is 2. The molecule has 0 bridgehead atoms. The van der Waals surface area contributed by atoms with Crippen LogP contribution in [0, 0.1) is 10.1 Å². The van der Waals surface area contributed by atoms with Crippen LogP contribution in [-0.4, -0.2) is 54.5 Å². The maximum Gasteiger partial charge on any atom is 0.286 e. The van der Waals surface area contributed by atoms with Crippen LogP contribution in [0.15, 0.2) is 12.1 Å². The van der Waals surface area contributed by atoms with E-state index in [4.69, 9.17) is 9.47 Å². The fourth-order valence-electron chi connectivity index (χ4n) is 3.28. The predicted molar refractivity (Wildman–Crippen MR) is 103 cm³/mol. The summed E-state index contributed by atoms with van der Waals surface area (Å²) >= 11 is 0. The first-order valence-electron chi connectivity index (χ1n) is 9.49. The molecule has 1 aliphatic heterocycles. The van der Waals surface area contributed by atoms with Crippen LogP contribution in [0.4, 0.5) is 5.69 Å². The van der Waals surface area contributed by atoms with Gasteiger partial charge in [0.15, 0.2) is 11.5 Å². The molecular weight excluding hydrogens is 366 g/mol. The number of carbonyl (C=O) groups excluding carboxylic acids is 2. The van der Waals surface area contributed by atoms with E-state index in [2.05, 4.69) is 5.32 Å². The first-order valence-corrected chi connectivity index (χ1v) is 9.49. The highest BCUT2D eigenvalue weighted by molar-refractivity contribution is 5.99. The van der Waals surface area contributed by atoms with Gasteiger partial charge in [0, 0.05) is 31.6 Å². The van der Waals surface area contributed by atoms with Gasteiger partial charge in [-0.2, -0.15) is 0 Å². The number of nitro benzene ring substituents is 1. The van der Waals surface area contributed by atoms with E-state index in [0.717, 1.165) is 12.8 Å². The highest BCUT2D eigenvalue weighted by Gasteiger charge is 2.31. The summed E-state index contributed by atoms with van der Waals surface area (Å²) in [6.07, 6.45) is 2.67. The number of ether oxygens (including phenoxy) is 2. The van der Waals surface area contributed by atoms with Gasteiger partial charge in [-0.05, 0) is 26.2 Å². The summed E-state index contributed by atoms with van der Waals surface area (Å²) in [5.41, 5.74) is -0.378. The molecule has 2 amide bonds. The fraction of sp³-hybridized carbons (Fsp3) is 0.579. The van der Waals surface area contributed by atoms with Gasteiger partial charge in [0.2, 0.25) is 5.91 Å². The van der Waals surface area contributed by atoms with Crippen LogP contribution in [0.5, 0.6) is 11.5 Å². The molecule has 2 rings (SSSR count). The third-order valence-electron chi connectivity index (χ3n) is 4.56. The summed E-state index contributed by atoms with van der Waals surface area (Å²) in [5.74, 6) is -0.0159. The van der Waals surface area contributed by atoms with E-state index in [1.165, 1.54) is 19.2 Å². The first-order chi connectivity index (χ1) is 13.4. The molecule has 0 radical (unpaired) electrons. The molecule has 1 fully saturated rings. The first kappa shape index (κ1) is 21.5. The minimum atomic E-state index is -0.601. The van der Waals surface area contributed by atoms with Gasteiger partial charge < -0.3 is 19.7 Å². The van der Waals surface area contributed by atoms with Crippen LogP contribution < -0.4 is 14.8 Å².